The Bertz CT molecular complexity index is 656. The molecule has 0 saturated heterocycles. The lowest BCUT2D eigenvalue weighted by Crippen LogP contribution is -2.09. The van der Waals surface area contributed by atoms with E-state index in [-0.39, 0.29) is 0 Å². The highest BCUT2D eigenvalue weighted by Gasteiger charge is 2.21. The van der Waals surface area contributed by atoms with E-state index in [0.29, 0.717) is 5.92 Å². The van der Waals surface area contributed by atoms with Gasteiger partial charge in [-0.05, 0) is 42.3 Å². The Hall–Kier alpha value is -1.73. The minimum atomic E-state index is 0.357. The summed E-state index contributed by atoms with van der Waals surface area (Å²) < 4.78 is 6.17. The second kappa shape index (κ2) is 5.34. The third-order valence-corrected chi connectivity index (χ3v) is 3.99. The van der Waals surface area contributed by atoms with Crippen LogP contribution in [0.1, 0.15) is 36.5 Å². The van der Waals surface area contributed by atoms with Crippen molar-refractivity contribution in [3.05, 3.63) is 70.3 Å². The molecule has 1 atom stereocenters. The third-order valence-electron chi connectivity index (χ3n) is 3.74. The Morgan fingerprint density at radius 3 is 2.55 bits per heavy atom. The minimum Gasteiger partial charge on any atom is -0.456 e. The van der Waals surface area contributed by atoms with E-state index in [1.54, 1.807) is 0 Å². The molecular weight excluding hydrogens is 268 g/mol. The average molecular weight is 285 g/mol. The molecule has 0 aliphatic carbocycles. The molecule has 0 aromatic heterocycles. The van der Waals surface area contributed by atoms with Crippen LogP contribution in [0.25, 0.3) is 5.76 Å². The molecule has 2 heteroatoms. The van der Waals surface area contributed by atoms with E-state index >= 15 is 0 Å². The van der Waals surface area contributed by atoms with E-state index in [4.69, 9.17) is 16.3 Å². The first-order valence-corrected chi connectivity index (χ1v) is 7.34. The smallest absolute Gasteiger partial charge is 0.134 e. The first kappa shape index (κ1) is 13.3. The monoisotopic (exact) mass is 284 g/mol. The van der Waals surface area contributed by atoms with Gasteiger partial charge in [0, 0.05) is 22.1 Å². The van der Waals surface area contributed by atoms with Crippen LogP contribution in [0.5, 0.6) is 5.75 Å². The molecule has 1 unspecified atom stereocenters. The molecule has 0 spiro atoms. The molecule has 0 fully saturated rings. The fourth-order valence-electron chi connectivity index (χ4n) is 2.60. The quantitative estimate of drug-likeness (QED) is 0.713. The fraction of sp³-hybridized carbons (Fsp3) is 0.222. The molecule has 102 valence electrons. The molecule has 0 N–H and O–H groups in total. The molecule has 1 nitrogen and oxygen atoms in total. The molecule has 0 amide bonds. The third kappa shape index (κ3) is 2.34. The number of allylic oxidation sites excluding steroid dienone is 1. The van der Waals surface area contributed by atoms with Crippen LogP contribution in [0, 0.1) is 0 Å². The molecule has 1 aliphatic heterocycles. The van der Waals surface area contributed by atoms with Crippen molar-refractivity contribution in [2.45, 2.75) is 26.2 Å². The maximum absolute atomic E-state index is 6.17. The second-order valence-electron chi connectivity index (χ2n) is 5.12. The van der Waals surface area contributed by atoms with Crippen molar-refractivity contribution in [1.82, 2.24) is 0 Å². The molecule has 2 aromatic carbocycles. The number of hydrogen-bond donors (Lipinski definition) is 0. The highest BCUT2D eigenvalue weighted by molar-refractivity contribution is 6.30. The van der Waals surface area contributed by atoms with Crippen LogP contribution in [0.3, 0.4) is 0 Å². The molecule has 1 aliphatic rings. The summed E-state index contributed by atoms with van der Waals surface area (Å²) in [4.78, 5) is 0. The predicted octanol–water partition coefficient (Wildman–Crippen LogP) is 5.44. The van der Waals surface area contributed by atoms with Crippen molar-refractivity contribution in [1.29, 1.82) is 0 Å². The predicted molar refractivity (Wildman–Crippen MR) is 84.3 cm³/mol. The van der Waals surface area contributed by atoms with Gasteiger partial charge in [-0.1, -0.05) is 43.6 Å². The first-order valence-electron chi connectivity index (χ1n) is 6.96. The number of ether oxygens (including phenoxy) is 1. The van der Waals surface area contributed by atoms with Gasteiger partial charge >= 0.3 is 0 Å². The lowest BCUT2D eigenvalue weighted by molar-refractivity contribution is 0.483. The zero-order valence-corrected chi connectivity index (χ0v) is 12.4. The van der Waals surface area contributed by atoms with E-state index in [1.165, 1.54) is 11.1 Å². The summed E-state index contributed by atoms with van der Waals surface area (Å²) in [5, 5.41) is 0.743. The molecule has 0 bridgehead atoms. The van der Waals surface area contributed by atoms with Gasteiger partial charge in [-0.3, -0.25) is 0 Å². The van der Waals surface area contributed by atoms with Crippen LogP contribution in [-0.2, 0) is 6.42 Å². The summed E-state index contributed by atoms with van der Waals surface area (Å²) in [6.07, 6.45) is 3.15. The highest BCUT2D eigenvalue weighted by Crippen LogP contribution is 2.39. The summed E-state index contributed by atoms with van der Waals surface area (Å²) >= 11 is 5.95. The number of rotatable bonds is 2. The number of hydrogen-bond acceptors (Lipinski definition) is 1. The van der Waals surface area contributed by atoms with Gasteiger partial charge < -0.3 is 4.74 Å². The van der Waals surface area contributed by atoms with Crippen LogP contribution in [-0.4, -0.2) is 0 Å². The van der Waals surface area contributed by atoms with E-state index in [1.807, 2.05) is 24.3 Å². The van der Waals surface area contributed by atoms with Crippen LogP contribution in [0.15, 0.2) is 48.5 Å². The Morgan fingerprint density at radius 2 is 1.85 bits per heavy atom. The molecular formula is C18H17ClO. The van der Waals surface area contributed by atoms with Crippen molar-refractivity contribution in [2.24, 2.45) is 0 Å². The number of halogens is 1. The summed E-state index contributed by atoms with van der Waals surface area (Å²) in [6.45, 7) is 4.36. The van der Waals surface area contributed by atoms with Gasteiger partial charge in [0.2, 0.25) is 0 Å². The summed E-state index contributed by atoms with van der Waals surface area (Å²) in [5.41, 5.74) is 3.59. The Labute approximate surface area is 124 Å². The Balaban J connectivity index is 2.03. The van der Waals surface area contributed by atoms with Crippen molar-refractivity contribution in [3.63, 3.8) is 0 Å². The molecule has 1 heterocycles. The van der Waals surface area contributed by atoms with Crippen LogP contribution < -0.4 is 4.74 Å². The number of fused-ring (bicyclic) bond motifs is 1. The lowest BCUT2D eigenvalue weighted by atomic mass is 9.93. The van der Waals surface area contributed by atoms with Crippen molar-refractivity contribution in [2.75, 3.05) is 0 Å². The van der Waals surface area contributed by atoms with E-state index in [0.717, 1.165) is 28.5 Å². The normalized spacial score (nSPS) is 17.1. The SMILES string of the molecule is CCc1cccc2c1OC(c1ccc(Cl)cc1)=CC2C. The van der Waals surface area contributed by atoms with Gasteiger partial charge in [-0.2, -0.15) is 0 Å². The van der Waals surface area contributed by atoms with Crippen LogP contribution in [0.4, 0.5) is 0 Å². The van der Waals surface area contributed by atoms with Crippen molar-refractivity contribution >= 4 is 17.4 Å². The summed E-state index contributed by atoms with van der Waals surface area (Å²) in [5.74, 6) is 2.30. The molecule has 20 heavy (non-hydrogen) atoms. The zero-order valence-electron chi connectivity index (χ0n) is 11.7. The Morgan fingerprint density at radius 1 is 1.10 bits per heavy atom. The first-order chi connectivity index (χ1) is 9.69. The number of benzene rings is 2. The topological polar surface area (TPSA) is 9.23 Å². The largest absolute Gasteiger partial charge is 0.456 e. The summed E-state index contributed by atoms with van der Waals surface area (Å²) in [6, 6.07) is 14.2. The van der Waals surface area contributed by atoms with Crippen LogP contribution in [0.2, 0.25) is 5.02 Å². The van der Waals surface area contributed by atoms with Gasteiger partial charge in [-0.15, -0.1) is 0 Å². The molecule has 3 rings (SSSR count). The maximum Gasteiger partial charge on any atom is 0.134 e. The van der Waals surface area contributed by atoms with Gasteiger partial charge in [0.05, 0.1) is 0 Å². The number of para-hydroxylation sites is 1. The van der Waals surface area contributed by atoms with Gasteiger partial charge in [0.15, 0.2) is 0 Å². The van der Waals surface area contributed by atoms with Gasteiger partial charge in [0.25, 0.3) is 0 Å². The molecule has 2 aromatic rings. The minimum absolute atomic E-state index is 0.357. The lowest BCUT2D eigenvalue weighted by Gasteiger charge is -2.25. The van der Waals surface area contributed by atoms with Gasteiger partial charge in [-0.25, -0.2) is 0 Å². The van der Waals surface area contributed by atoms with Gasteiger partial charge in [0.1, 0.15) is 11.5 Å². The zero-order chi connectivity index (χ0) is 14.1. The average Bonchev–Trinajstić information content (AvgIpc) is 2.47. The van der Waals surface area contributed by atoms with Crippen LogP contribution >= 0.6 is 11.6 Å². The summed E-state index contributed by atoms with van der Waals surface area (Å²) in [7, 11) is 0. The maximum atomic E-state index is 6.17. The standard InChI is InChI=1S/C18H17ClO/c1-3-13-5-4-6-16-12(2)11-17(20-18(13)16)14-7-9-15(19)10-8-14/h4-12H,3H2,1-2H3. The Kier molecular flexibility index (Phi) is 3.54. The van der Waals surface area contributed by atoms with E-state index in [2.05, 4.69) is 38.1 Å². The highest BCUT2D eigenvalue weighted by atomic mass is 35.5. The van der Waals surface area contributed by atoms with E-state index < -0.39 is 0 Å². The molecule has 0 saturated carbocycles. The van der Waals surface area contributed by atoms with Crippen molar-refractivity contribution in [3.8, 4) is 5.75 Å². The van der Waals surface area contributed by atoms with E-state index in [9.17, 15) is 0 Å². The fourth-order valence-corrected chi connectivity index (χ4v) is 2.72. The number of aryl methyl sites for hydroxylation is 1. The van der Waals surface area contributed by atoms with Crippen molar-refractivity contribution < 1.29 is 4.74 Å². The molecule has 0 radical (unpaired) electrons. The second-order valence-corrected chi connectivity index (χ2v) is 5.55.